The van der Waals surface area contributed by atoms with Gasteiger partial charge >= 0.3 is 12.2 Å². The molecule has 0 radical (unpaired) electrons. The molecule has 0 saturated carbocycles. The molecule has 3 rings (SSSR count). The lowest BCUT2D eigenvalue weighted by Crippen LogP contribution is -2.39. The number of benzene rings is 2. The highest BCUT2D eigenvalue weighted by atomic mass is 16.8. The minimum Gasteiger partial charge on any atom is -0.485 e. The molecule has 1 amide bonds. The third-order valence-corrected chi connectivity index (χ3v) is 4.88. The Bertz CT molecular complexity index is 1290. The Kier molecular flexibility index (Phi) is 9.34. The molecule has 10 heteroatoms. The molecule has 0 atom stereocenters. The molecular formula is C29H35N3O7. The second kappa shape index (κ2) is 12.5. The molecule has 0 spiro atoms. The largest absolute Gasteiger partial charge is 0.534 e. The highest BCUT2D eigenvalue weighted by molar-refractivity contribution is 5.71. The fourth-order valence-electron chi connectivity index (χ4n) is 3.15. The van der Waals surface area contributed by atoms with Gasteiger partial charge in [-0.25, -0.2) is 9.59 Å². The van der Waals surface area contributed by atoms with Gasteiger partial charge in [0.1, 0.15) is 17.0 Å². The van der Waals surface area contributed by atoms with E-state index in [4.69, 9.17) is 23.6 Å². The van der Waals surface area contributed by atoms with Crippen molar-refractivity contribution < 1.29 is 33.2 Å². The molecule has 0 fully saturated rings. The average Bonchev–Trinajstić information content (AvgIpc) is 3.33. The third-order valence-electron chi connectivity index (χ3n) is 4.88. The van der Waals surface area contributed by atoms with Crippen LogP contribution in [0.4, 0.5) is 9.59 Å². The van der Waals surface area contributed by atoms with Crippen LogP contribution in [0.15, 0.2) is 65.2 Å². The molecule has 0 unspecified atom stereocenters. The number of aromatic nitrogens is 2. The molecule has 10 nitrogen and oxygen atoms in total. The van der Waals surface area contributed by atoms with Crippen LogP contribution in [0.5, 0.6) is 5.75 Å². The van der Waals surface area contributed by atoms with E-state index in [0.29, 0.717) is 17.5 Å². The molecule has 0 N–H and O–H groups in total. The Morgan fingerprint density at radius 1 is 0.949 bits per heavy atom. The Morgan fingerprint density at radius 2 is 1.64 bits per heavy atom. The number of carbonyl (C=O) groups excluding carboxylic acids is 2. The minimum atomic E-state index is -1.01. The lowest BCUT2D eigenvalue weighted by Gasteiger charge is -2.26. The van der Waals surface area contributed by atoms with Gasteiger partial charge in [-0.05, 0) is 83.9 Å². The second-order valence-corrected chi connectivity index (χ2v) is 10.7. The van der Waals surface area contributed by atoms with Crippen LogP contribution in [-0.2, 0) is 20.9 Å². The highest BCUT2D eigenvalue weighted by Crippen LogP contribution is 2.22. The fourth-order valence-corrected chi connectivity index (χ4v) is 3.15. The summed E-state index contributed by atoms with van der Waals surface area (Å²) in [5, 5.41) is 4.80. The molecule has 2 aromatic carbocycles. The lowest BCUT2D eigenvalue weighted by atomic mass is 10.1. The van der Waals surface area contributed by atoms with Crippen molar-refractivity contribution in [3.63, 3.8) is 0 Å². The Hall–Kier alpha value is -4.34. The number of hydrogen-bond donors (Lipinski definition) is 0. The van der Waals surface area contributed by atoms with Gasteiger partial charge in [0.15, 0.2) is 6.61 Å². The van der Waals surface area contributed by atoms with Crippen LogP contribution in [-0.4, -0.2) is 45.2 Å². The number of hydrogen-bond acceptors (Lipinski definition) is 9. The van der Waals surface area contributed by atoms with Gasteiger partial charge < -0.3 is 18.7 Å². The fraction of sp³-hybridized carbons (Fsp3) is 0.379. The summed E-state index contributed by atoms with van der Waals surface area (Å²) < 4.78 is 21.7. The molecule has 39 heavy (non-hydrogen) atoms. The first-order valence-corrected chi connectivity index (χ1v) is 12.5. The number of nitrogens with zero attached hydrogens (tertiary/aromatic N) is 3. The van der Waals surface area contributed by atoms with E-state index in [9.17, 15) is 9.59 Å². The topological polar surface area (TPSA) is 113 Å². The molecule has 0 aliphatic heterocycles. The van der Waals surface area contributed by atoms with Gasteiger partial charge in [0, 0.05) is 5.56 Å². The zero-order chi connectivity index (χ0) is 28.6. The van der Waals surface area contributed by atoms with E-state index >= 15 is 0 Å². The summed E-state index contributed by atoms with van der Waals surface area (Å²) in [6.07, 6.45) is -0.0881. The van der Waals surface area contributed by atoms with E-state index in [1.165, 1.54) is 0 Å². The second-order valence-electron chi connectivity index (χ2n) is 10.7. The molecule has 1 heterocycles. The summed E-state index contributed by atoms with van der Waals surface area (Å²) in [5.74, 6) is 1.43. The molecule has 0 saturated heterocycles. The quantitative estimate of drug-likeness (QED) is 0.236. The monoisotopic (exact) mass is 537 g/mol. The molecule has 208 valence electrons. The molecule has 1 aromatic heterocycles. The van der Waals surface area contributed by atoms with Crippen molar-refractivity contribution in [1.82, 2.24) is 15.2 Å². The first-order chi connectivity index (χ1) is 18.3. The van der Waals surface area contributed by atoms with Crippen molar-refractivity contribution >= 4 is 17.8 Å². The maximum absolute atomic E-state index is 12.7. The SMILES string of the molecule is C/C(=C\CN(OC(=O)OC(C)(C)C)C(=O)OC(C)(C)C)c1cccc(OCc2noc(-c3ccccc3)n2)c1. The third kappa shape index (κ3) is 9.81. The van der Waals surface area contributed by atoms with Crippen molar-refractivity contribution in [2.75, 3.05) is 6.54 Å². The van der Waals surface area contributed by atoms with Gasteiger partial charge in [-0.3, -0.25) is 4.84 Å². The molecule has 0 bridgehead atoms. The molecule has 3 aromatic rings. The number of ether oxygens (including phenoxy) is 3. The smallest absolute Gasteiger partial charge is 0.485 e. The van der Waals surface area contributed by atoms with Gasteiger partial charge in [0.25, 0.3) is 5.89 Å². The van der Waals surface area contributed by atoms with Crippen molar-refractivity contribution in [3.05, 3.63) is 72.1 Å². The predicted molar refractivity (Wildman–Crippen MR) is 144 cm³/mol. The molecule has 0 aliphatic rings. The van der Waals surface area contributed by atoms with Gasteiger partial charge in [-0.2, -0.15) is 4.98 Å². The van der Waals surface area contributed by atoms with E-state index in [-0.39, 0.29) is 13.2 Å². The minimum absolute atomic E-state index is 0.0593. The summed E-state index contributed by atoms with van der Waals surface area (Å²) >= 11 is 0. The average molecular weight is 538 g/mol. The van der Waals surface area contributed by atoms with E-state index in [1.54, 1.807) is 47.6 Å². The lowest BCUT2D eigenvalue weighted by molar-refractivity contribution is -0.130. The summed E-state index contributed by atoms with van der Waals surface area (Å²) in [7, 11) is 0. The molecular weight excluding hydrogens is 502 g/mol. The van der Waals surface area contributed by atoms with Crippen LogP contribution in [0.3, 0.4) is 0 Å². The van der Waals surface area contributed by atoms with Crippen LogP contribution >= 0.6 is 0 Å². The van der Waals surface area contributed by atoms with Crippen molar-refractivity contribution in [2.45, 2.75) is 66.3 Å². The number of hydroxylamine groups is 2. The van der Waals surface area contributed by atoms with Gasteiger partial charge in [0.05, 0.1) is 6.54 Å². The molecule has 0 aliphatic carbocycles. The number of allylic oxidation sites excluding steroid dienone is 1. The highest BCUT2D eigenvalue weighted by Gasteiger charge is 2.27. The number of rotatable bonds is 7. The summed E-state index contributed by atoms with van der Waals surface area (Å²) in [6, 6.07) is 16.9. The van der Waals surface area contributed by atoms with Crippen LogP contribution in [0.25, 0.3) is 17.0 Å². The maximum Gasteiger partial charge on any atom is 0.534 e. The van der Waals surface area contributed by atoms with Gasteiger partial charge in [-0.15, -0.1) is 5.06 Å². The zero-order valence-electron chi connectivity index (χ0n) is 23.4. The Balaban J connectivity index is 1.66. The first-order valence-electron chi connectivity index (χ1n) is 12.5. The summed E-state index contributed by atoms with van der Waals surface area (Å²) in [4.78, 5) is 34.4. The van der Waals surface area contributed by atoms with Crippen LogP contribution in [0, 0.1) is 0 Å². The standard InChI is InChI=1S/C29H35N3O7/c1-20(16-17-32(26(33)36-28(2,3)4)39-27(34)37-29(5,6)7)22-14-11-15-23(18-22)35-19-24-30-25(38-31-24)21-12-9-8-10-13-21/h8-16,18H,17,19H2,1-7H3/b20-16+. The van der Waals surface area contributed by atoms with Crippen LogP contribution < -0.4 is 4.74 Å². The van der Waals surface area contributed by atoms with E-state index in [1.807, 2.05) is 61.5 Å². The van der Waals surface area contributed by atoms with Crippen molar-refractivity contribution in [1.29, 1.82) is 0 Å². The first kappa shape index (κ1) is 29.2. The van der Waals surface area contributed by atoms with Gasteiger partial charge in [-0.1, -0.05) is 41.6 Å². The van der Waals surface area contributed by atoms with Crippen LogP contribution in [0.2, 0.25) is 0 Å². The summed E-state index contributed by atoms with van der Waals surface area (Å²) in [5.41, 5.74) is 0.917. The van der Waals surface area contributed by atoms with E-state index < -0.39 is 23.5 Å². The summed E-state index contributed by atoms with van der Waals surface area (Å²) in [6.45, 7) is 12.2. The van der Waals surface area contributed by atoms with E-state index in [2.05, 4.69) is 10.1 Å². The zero-order valence-corrected chi connectivity index (χ0v) is 23.4. The predicted octanol–water partition coefficient (Wildman–Crippen LogP) is 6.82. The van der Waals surface area contributed by atoms with Gasteiger partial charge in [0.2, 0.25) is 5.82 Å². The number of carbonyl (C=O) groups is 2. The number of amides is 1. The maximum atomic E-state index is 12.7. The Morgan fingerprint density at radius 3 is 2.31 bits per heavy atom. The van der Waals surface area contributed by atoms with Crippen molar-refractivity contribution in [2.24, 2.45) is 0 Å². The van der Waals surface area contributed by atoms with E-state index in [0.717, 1.165) is 21.8 Å². The normalized spacial score (nSPS) is 12.0. The van der Waals surface area contributed by atoms with Crippen LogP contribution in [0.1, 0.15) is 59.9 Å². The van der Waals surface area contributed by atoms with Crippen molar-refractivity contribution in [3.8, 4) is 17.2 Å². The Labute approximate surface area is 228 Å².